The van der Waals surface area contributed by atoms with E-state index in [0.717, 1.165) is 42.0 Å². The highest BCUT2D eigenvalue weighted by molar-refractivity contribution is 7.99. The fourth-order valence-electron chi connectivity index (χ4n) is 3.41. The smallest absolute Gasteiger partial charge is 0.416 e. The molecule has 0 fully saturated rings. The third-order valence-corrected chi connectivity index (χ3v) is 6.56. The summed E-state index contributed by atoms with van der Waals surface area (Å²) < 4.78 is 49.5. The summed E-state index contributed by atoms with van der Waals surface area (Å²) in [6, 6.07) is 10.9. The first kappa shape index (κ1) is 31.3. The van der Waals surface area contributed by atoms with Gasteiger partial charge in [-0.25, -0.2) is 9.59 Å². The maximum atomic E-state index is 12.9. The Hall–Kier alpha value is -2.92. The molecule has 0 aliphatic carbocycles. The molecule has 2 rings (SSSR count). The van der Waals surface area contributed by atoms with E-state index in [9.17, 15) is 27.9 Å². The number of halogens is 3. The van der Waals surface area contributed by atoms with Crippen molar-refractivity contribution in [3.8, 4) is 5.75 Å². The van der Waals surface area contributed by atoms with Gasteiger partial charge in [-0.2, -0.15) is 24.9 Å². The van der Waals surface area contributed by atoms with Crippen LogP contribution in [0.25, 0.3) is 0 Å². The van der Waals surface area contributed by atoms with E-state index in [4.69, 9.17) is 9.47 Å². The van der Waals surface area contributed by atoms with Crippen molar-refractivity contribution in [1.29, 1.82) is 0 Å². The number of aliphatic carboxylic acids is 1. The van der Waals surface area contributed by atoms with Gasteiger partial charge in [-0.3, -0.25) is 0 Å². The van der Waals surface area contributed by atoms with E-state index in [0.29, 0.717) is 18.9 Å². The van der Waals surface area contributed by atoms with Gasteiger partial charge in [-0.15, -0.1) is 0 Å². The van der Waals surface area contributed by atoms with E-state index < -0.39 is 29.8 Å². The average molecular weight is 557 g/mol. The molecule has 2 aromatic carbocycles. The van der Waals surface area contributed by atoms with Crippen LogP contribution in [0.1, 0.15) is 37.8 Å². The Kier molecular flexibility index (Phi) is 13.3. The molecule has 0 bridgehead atoms. The first-order valence-corrected chi connectivity index (χ1v) is 13.7. The topological polar surface area (TPSA) is 88.1 Å². The fraction of sp³-hybridized carbons (Fsp3) is 0.481. The molecule has 0 heterocycles. The molecular weight excluding hydrogens is 521 g/mol. The van der Waals surface area contributed by atoms with Gasteiger partial charge < -0.3 is 24.8 Å². The van der Waals surface area contributed by atoms with Crippen molar-refractivity contribution >= 4 is 29.4 Å². The highest BCUT2D eigenvalue weighted by atomic mass is 32.2. The summed E-state index contributed by atoms with van der Waals surface area (Å²) in [4.78, 5) is 25.7. The molecule has 0 saturated heterocycles. The number of amides is 2. The maximum Gasteiger partial charge on any atom is 0.416 e. The van der Waals surface area contributed by atoms with Crippen LogP contribution >= 0.6 is 11.8 Å². The third kappa shape index (κ3) is 11.2. The molecule has 1 atom stereocenters. The lowest BCUT2D eigenvalue weighted by Crippen LogP contribution is -2.39. The number of carboxylic acids is 1. The summed E-state index contributed by atoms with van der Waals surface area (Å²) >= 11 is 1.74. The molecule has 2 aromatic rings. The molecule has 210 valence electrons. The second kappa shape index (κ2) is 16.1. The number of urea groups is 1. The number of rotatable bonds is 16. The molecule has 0 aliphatic heterocycles. The molecule has 1 unspecified atom stereocenters. The summed E-state index contributed by atoms with van der Waals surface area (Å²) in [7, 11) is 0. The van der Waals surface area contributed by atoms with Crippen molar-refractivity contribution in [2.24, 2.45) is 0 Å². The lowest BCUT2D eigenvalue weighted by atomic mass is 10.1. The zero-order valence-electron chi connectivity index (χ0n) is 21.6. The highest BCUT2D eigenvalue weighted by Gasteiger charge is 2.30. The lowest BCUT2D eigenvalue weighted by Gasteiger charge is -2.23. The Bertz CT molecular complexity index is 988. The van der Waals surface area contributed by atoms with Gasteiger partial charge in [0.25, 0.3) is 0 Å². The molecule has 7 nitrogen and oxygen atoms in total. The van der Waals surface area contributed by atoms with Gasteiger partial charge in [0, 0.05) is 31.0 Å². The fourth-order valence-corrected chi connectivity index (χ4v) is 4.46. The second-order valence-electron chi connectivity index (χ2n) is 8.44. The quantitative estimate of drug-likeness (QED) is 0.240. The Labute approximate surface area is 225 Å². The number of carbonyl (C=O) groups excluding carboxylic acids is 1. The molecular formula is C27H35F3N2O5S. The standard InChI is InChI=1S/C27H35F3N2O5S/c1-3-5-17-38-18-15-32(26(35)31-22-10-8-21(9-11-22)27(28,29)30)14-16-37-23-12-6-20(7-13-23)19-24(25(33)34)36-4-2/h6-13,24H,3-5,14-19H2,1-2H3,(H,31,35)(H,33,34). The summed E-state index contributed by atoms with van der Waals surface area (Å²) in [5, 5.41) is 11.9. The molecule has 0 aliphatic rings. The van der Waals surface area contributed by atoms with Crippen LogP contribution in [0.15, 0.2) is 48.5 Å². The van der Waals surface area contributed by atoms with Crippen LogP contribution in [0.3, 0.4) is 0 Å². The van der Waals surface area contributed by atoms with E-state index in [1.807, 2.05) is 0 Å². The maximum absolute atomic E-state index is 12.9. The van der Waals surface area contributed by atoms with Crippen molar-refractivity contribution < 1.29 is 37.3 Å². The van der Waals surface area contributed by atoms with Crippen molar-refractivity contribution in [1.82, 2.24) is 4.90 Å². The van der Waals surface area contributed by atoms with E-state index in [1.54, 1.807) is 47.9 Å². The predicted molar refractivity (Wildman–Crippen MR) is 143 cm³/mol. The number of hydrogen-bond acceptors (Lipinski definition) is 5. The lowest BCUT2D eigenvalue weighted by molar-refractivity contribution is -0.150. The Morgan fingerprint density at radius 2 is 1.71 bits per heavy atom. The minimum Gasteiger partial charge on any atom is -0.492 e. The number of carbonyl (C=O) groups is 2. The molecule has 11 heteroatoms. The molecule has 0 aromatic heterocycles. The van der Waals surface area contributed by atoms with Gasteiger partial charge in [-0.1, -0.05) is 25.5 Å². The van der Waals surface area contributed by atoms with E-state index >= 15 is 0 Å². The normalized spacial score (nSPS) is 12.1. The Balaban J connectivity index is 1.94. The van der Waals surface area contributed by atoms with Crippen LogP contribution in [0.4, 0.5) is 23.7 Å². The molecule has 38 heavy (non-hydrogen) atoms. The number of hydrogen-bond donors (Lipinski definition) is 2. The third-order valence-electron chi connectivity index (χ3n) is 5.52. The van der Waals surface area contributed by atoms with Gasteiger partial charge in [0.15, 0.2) is 6.10 Å². The first-order chi connectivity index (χ1) is 18.1. The average Bonchev–Trinajstić information content (AvgIpc) is 2.88. The number of nitrogens with zero attached hydrogens (tertiary/aromatic N) is 1. The van der Waals surface area contributed by atoms with E-state index in [-0.39, 0.29) is 25.3 Å². The molecule has 0 spiro atoms. The van der Waals surface area contributed by atoms with Crippen molar-refractivity contribution in [2.45, 2.75) is 45.4 Å². The van der Waals surface area contributed by atoms with Crippen molar-refractivity contribution in [3.63, 3.8) is 0 Å². The van der Waals surface area contributed by atoms with Crippen LogP contribution in [0.5, 0.6) is 5.75 Å². The van der Waals surface area contributed by atoms with Gasteiger partial charge in [-0.05, 0) is 61.1 Å². The number of nitrogens with one attached hydrogen (secondary N) is 1. The van der Waals surface area contributed by atoms with Crippen LogP contribution < -0.4 is 10.1 Å². The van der Waals surface area contributed by atoms with Crippen LogP contribution in [-0.2, 0) is 22.1 Å². The number of carboxylic acid groups (broad SMARTS) is 1. The second-order valence-corrected chi connectivity index (χ2v) is 9.66. The van der Waals surface area contributed by atoms with Crippen molar-refractivity contribution in [3.05, 3.63) is 59.7 Å². The highest BCUT2D eigenvalue weighted by Crippen LogP contribution is 2.29. The predicted octanol–water partition coefficient (Wildman–Crippen LogP) is 6.18. The molecule has 0 saturated carbocycles. The molecule has 2 N–H and O–H groups in total. The van der Waals surface area contributed by atoms with Gasteiger partial charge in [0.2, 0.25) is 0 Å². The number of alkyl halides is 3. The monoisotopic (exact) mass is 556 g/mol. The summed E-state index contributed by atoms with van der Waals surface area (Å²) in [5.74, 6) is 1.26. The zero-order valence-corrected chi connectivity index (χ0v) is 22.4. The summed E-state index contributed by atoms with van der Waals surface area (Å²) in [5.41, 5.74) is 0.283. The van der Waals surface area contributed by atoms with Crippen molar-refractivity contribution in [2.75, 3.05) is 43.1 Å². The first-order valence-electron chi connectivity index (χ1n) is 12.5. The van der Waals surface area contributed by atoms with Crippen LogP contribution in [0.2, 0.25) is 0 Å². The van der Waals surface area contributed by atoms with Crippen LogP contribution in [0, 0.1) is 0 Å². The zero-order chi connectivity index (χ0) is 28.0. The SMILES string of the molecule is CCCCSCCN(CCOc1ccc(CC(OCC)C(=O)O)cc1)C(=O)Nc1ccc(C(F)(F)F)cc1. The van der Waals surface area contributed by atoms with Gasteiger partial charge in [0.1, 0.15) is 12.4 Å². The van der Waals surface area contributed by atoms with Crippen LogP contribution in [-0.4, -0.2) is 65.9 Å². The van der Waals surface area contributed by atoms with Gasteiger partial charge in [0.05, 0.1) is 12.1 Å². The van der Waals surface area contributed by atoms with E-state index in [2.05, 4.69) is 12.2 Å². The number of thioether (sulfide) groups is 1. The number of anilines is 1. The molecule has 2 amide bonds. The minimum absolute atomic E-state index is 0.204. The molecule has 0 radical (unpaired) electrons. The number of benzene rings is 2. The Morgan fingerprint density at radius 1 is 1.03 bits per heavy atom. The summed E-state index contributed by atoms with van der Waals surface area (Å²) in [6.07, 6.45) is -2.96. The number of unbranched alkanes of at least 4 members (excludes halogenated alkanes) is 1. The minimum atomic E-state index is -4.44. The van der Waals surface area contributed by atoms with E-state index in [1.165, 1.54) is 12.1 Å². The van der Waals surface area contributed by atoms with Gasteiger partial charge >= 0.3 is 18.2 Å². The number of ether oxygens (including phenoxy) is 2. The largest absolute Gasteiger partial charge is 0.492 e. The summed E-state index contributed by atoms with van der Waals surface area (Å²) in [6.45, 7) is 5.08. The Morgan fingerprint density at radius 3 is 2.29 bits per heavy atom.